The number of ether oxygens (including phenoxy) is 4. The lowest BCUT2D eigenvalue weighted by atomic mass is 10.1. The molecular formula is C17H11F7O5. The largest absolute Gasteiger partial charge is 0.573 e. The Morgan fingerprint density at radius 3 is 2.24 bits per heavy atom. The highest BCUT2D eigenvalue weighted by Gasteiger charge is 2.35. The summed E-state index contributed by atoms with van der Waals surface area (Å²) in [6, 6.07) is 1.92. The van der Waals surface area contributed by atoms with E-state index in [1.54, 1.807) is 0 Å². The molecule has 0 saturated heterocycles. The second-order valence-electron chi connectivity index (χ2n) is 5.18. The molecule has 0 fully saturated rings. The third kappa shape index (κ3) is 5.42. The predicted molar refractivity (Wildman–Crippen MR) is 82.5 cm³/mol. The van der Waals surface area contributed by atoms with Gasteiger partial charge in [-0.3, -0.25) is 0 Å². The van der Waals surface area contributed by atoms with E-state index in [1.165, 1.54) is 0 Å². The molecular weight excluding hydrogens is 417 g/mol. The van der Waals surface area contributed by atoms with Crippen LogP contribution in [0.25, 0.3) is 0 Å². The molecule has 0 heterocycles. The first-order chi connectivity index (χ1) is 14.5. The molecule has 0 unspecified atom stereocenters. The summed E-state index contributed by atoms with van der Waals surface area (Å²) >= 11 is 0. The highest BCUT2D eigenvalue weighted by molar-refractivity contribution is 5.93. The van der Waals surface area contributed by atoms with Crippen LogP contribution in [0.3, 0.4) is 0 Å². The summed E-state index contributed by atoms with van der Waals surface area (Å²) in [5, 5.41) is 0. The van der Waals surface area contributed by atoms with Gasteiger partial charge in [0.2, 0.25) is 0 Å². The Balaban J connectivity index is 2.63. The highest BCUT2D eigenvalue weighted by atomic mass is 19.4. The standard InChI is InChI=1S/C17H11F7O5/c1-26-12-7-9(29-17(22,23)24)3-4-11(12)28-13-6-8(16(19,20)21)5-10(18)14(13)15(25)27-2/h3-7H,1-2H3/i1D3. The Morgan fingerprint density at radius 2 is 1.69 bits per heavy atom. The molecule has 5 nitrogen and oxygen atoms in total. The van der Waals surface area contributed by atoms with E-state index in [4.69, 9.17) is 8.85 Å². The molecule has 0 N–H and O–H groups in total. The van der Waals surface area contributed by atoms with Crippen LogP contribution in [-0.4, -0.2) is 26.5 Å². The summed E-state index contributed by atoms with van der Waals surface area (Å²) in [6.07, 6.45) is -10.2. The van der Waals surface area contributed by atoms with Crippen molar-refractivity contribution in [2.24, 2.45) is 0 Å². The van der Waals surface area contributed by atoms with Crippen LogP contribution >= 0.6 is 0 Å². The van der Waals surface area contributed by atoms with Crippen LogP contribution in [0.5, 0.6) is 23.0 Å². The zero-order valence-corrected chi connectivity index (χ0v) is 14.1. The summed E-state index contributed by atoms with van der Waals surface area (Å²) in [7, 11) is -2.44. The van der Waals surface area contributed by atoms with Crippen LogP contribution in [0.2, 0.25) is 0 Å². The monoisotopic (exact) mass is 431 g/mol. The summed E-state index contributed by atoms with van der Waals surface area (Å²) < 4.78 is 129. The number of rotatable bonds is 5. The molecule has 0 radical (unpaired) electrons. The van der Waals surface area contributed by atoms with Gasteiger partial charge in [0.25, 0.3) is 0 Å². The topological polar surface area (TPSA) is 54.0 Å². The van der Waals surface area contributed by atoms with Crippen molar-refractivity contribution < 1.29 is 58.6 Å². The van der Waals surface area contributed by atoms with Gasteiger partial charge in [-0.2, -0.15) is 13.2 Å². The number of esters is 1. The molecule has 0 saturated carbocycles. The summed E-state index contributed by atoms with van der Waals surface area (Å²) in [5.41, 5.74) is -2.66. The van der Waals surface area contributed by atoms with Gasteiger partial charge in [0.05, 0.1) is 23.8 Å². The lowest BCUT2D eigenvalue weighted by molar-refractivity contribution is -0.274. The number of halogens is 7. The van der Waals surface area contributed by atoms with Crippen molar-refractivity contribution in [2.75, 3.05) is 14.1 Å². The first kappa shape index (κ1) is 17.9. The van der Waals surface area contributed by atoms with Gasteiger partial charge in [-0.05, 0) is 24.3 Å². The van der Waals surface area contributed by atoms with Gasteiger partial charge >= 0.3 is 18.5 Å². The van der Waals surface area contributed by atoms with E-state index in [0.29, 0.717) is 18.2 Å². The molecule has 0 amide bonds. The number of hydrogen-bond donors (Lipinski definition) is 0. The molecule has 2 rings (SSSR count). The second kappa shape index (κ2) is 8.05. The Labute approximate surface area is 162 Å². The smallest absolute Gasteiger partial charge is 0.493 e. The molecule has 29 heavy (non-hydrogen) atoms. The van der Waals surface area contributed by atoms with Crippen molar-refractivity contribution in [3.05, 3.63) is 47.3 Å². The maximum atomic E-state index is 14.3. The summed E-state index contributed by atoms with van der Waals surface area (Å²) in [4.78, 5) is 11.8. The SMILES string of the molecule is [2H]C([2H])([2H])Oc1cc(OC(F)(F)F)ccc1Oc1cc(C(F)(F)F)cc(F)c1C(=O)OC. The first-order valence-corrected chi connectivity index (χ1v) is 7.26. The number of carbonyl (C=O) groups is 1. The lowest BCUT2D eigenvalue weighted by Gasteiger charge is -2.17. The van der Waals surface area contributed by atoms with Crippen molar-refractivity contribution in [3.8, 4) is 23.0 Å². The van der Waals surface area contributed by atoms with Crippen molar-refractivity contribution in [3.63, 3.8) is 0 Å². The summed E-state index contributed by atoms with van der Waals surface area (Å²) in [5.74, 6) is -6.84. The normalized spacial score (nSPS) is 13.7. The van der Waals surface area contributed by atoms with E-state index in [1.807, 2.05) is 0 Å². The number of alkyl halides is 6. The van der Waals surface area contributed by atoms with Gasteiger partial charge in [-0.1, -0.05) is 0 Å². The molecule has 0 aliphatic rings. The van der Waals surface area contributed by atoms with Gasteiger partial charge in [0.15, 0.2) is 11.5 Å². The third-order valence-electron chi connectivity index (χ3n) is 3.25. The molecule has 0 aromatic heterocycles. The maximum Gasteiger partial charge on any atom is 0.573 e. The van der Waals surface area contributed by atoms with Gasteiger partial charge in [0, 0.05) is 6.07 Å². The average Bonchev–Trinajstić information content (AvgIpc) is 2.59. The molecule has 2 aromatic carbocycles. The van der Waals surface area contributed by atoms with Crippen LogP contribution < -0.4 is 14.2 Å². The van der Waals surface area contributed by atoms with Crippen LogP contribution in [-0.2, 0) is 10.9 Å². The molecule has 0 bridgehead atoms. The molecule has 0 spiro atoms. The van der Waals surface area contributed by atoms with Crippen LogP contribution in [0.15, 0.2) is 30.3 Å². The fourth-order valence-electron chi connectivity index (χ4n) is 2.09. The van der Waals surface area contributed by atoms with Crippen LogP contribution in [0.4, 0.5) is 30.7 Å². The number of hydrogen-bond acceptors (Lipinski definition) is 5. The predicted octanol–water partition coefficient (Wildman–Crippen LogP) is 5.33. The molecule has 0 aliphatic heterocycles. The number of carbonyl (C=O) groups excluding carboxylic acids is 1. The second-order valence-corrected chi connectivity index (χ2v) is 5.18. The van der Waals surface area contributed by atoms with E-state index in [-0.39, 0.29) is 12.1 Å². The van der Waals surface area contributed by atoms with Gasteiger partial charge in [-0.15, -0.1) is 13.2 Å². The molecule has 2 aromatic rings. The van der Waals surface area contributed by atoms with Gasteiger partial charge < -0.3 is 18.9 Å². The van der Waals surface area contributed by atoms with Crippen LogP contribution in [0, 0.1) is 5.82 Å². The van der Waals surface area contributed by atoms with Crippen LogP contribution in [0.1, 0.15) is 20.0 Å². The van der Waals surface area contributed by atoms with E-state index >= 15 is 0 Å². The molecule has 0 atom stereocenters. The Morgan fingerprint density at radius 1 is 1.00 bits per heavy atom. The highest BCUT2D eigenvalue weighted by Crippen LogP contribution is 2.40. The average molecular weight is 431 g/mol. The Bertz CT molecular complexity index is 1000. The fraction of sp³-hybridized carbons (Fsp3) is 0.235. The van der Waals surface area contributed by atoms with E-state index < -0.39 is 65.5 Å². The lowest BCUT2D eigenvalue weighted by Crippen LogP contribution is -2.17. The number of methoxy groups -OCH3 is 2. The minimum Gasteiger partial charge on any atom is -0.493 e. The third-order valence-corrected chi connectivity index (χ3v) is 3.25. The Kier molecular flexibility index (Phi) is 4.97. The molecule has 0 aliphatic carbocycles. The molecule has 158 valence electrons. The zero-order valence-electron chi connectivity index (χ0n) is 17.1. The van der Waals surface area contributed by atoms with Gasteiger partial charge in [0.1, 0.15) is 22.9 Å². The fourth-order valence-corrected chi connectivity index (χ4v) is 2.09. The zero-order chi connectivity index (χ0) is 24.5. The van der Waals surface area contributed by atoms with Crippen molar-refractivity contribution in [2.45, 2.75) is 12.5 Å². The molecule has 12 heteroatoms. The minimum atomic E-state index is -5.16. The summed E-state index contributed by atoms with van der Waals surface area (Å²) in [6.45, 7) is 0. The van der Waals surface area contributed by atoms with E-state index in [0.717, 1.165) is 7.11 Å². The van der Waals surface area contributed by atoms with Crippen molar-refractivity contribution in [1.29, 1.82) is 0 Å². The quantitative estimate of drug-likeness (QED) is 0.473. The Hall–Kier alpha value is -3.18. The van der Waals surface area contributed by atoms with E-state index in [9.17, 15) is 35.5 Å². The number of benzene rings is 2. The first-order valence-electron chi connectivity index (χ1n) is 8.76. The van der Waals surface area contributed by atoms with Crippen molar-refractivity contribution in [1.82, 2.24) is 0 Å². The van der Waals surface area contributed by atoms with E-state index in [2.05, 4.69) is 14.2 Å². The van der Waals surface area contributed by atoms with Gasteiger partial charge in [-0.25, -0.2) is 9.18 Å². The minimum absolute atomic E-state index is 0.000766. The maximum absolute atomic E-state index is 14.3. The van der Waals surface area contributed by atoms with Crippen molar-refractivity contribution >= 4 is 5.97 Å².